The van der Waals surface area contributed by atoms with E-state index in [9.17, 15) is 4.79 Å². The van der Waals surface area contributed by atoms with Gasteiger partial charge in [0.05, 0.1) is 0 Å². The molecule has 0 bridgehead atoms. The lowest BCUT2D eigenvalue weighted by Crippen LogP contribution is -2.26. The molecule has 5 nitrogen and oxygen atoms in total. The second-order valence-electron chi connectivity index (χ2n) is 5.93. The van der Waals surface area contributed by atoms with E-state index < -0.39 is 0 Å². The van der Waals surface area contributed by atoms with Crippen molar-refractivity contribution in [1.29, 1.82) is 0 Å². The van der Waals surface area contributed by atoms with E-state index in [0.29, 0.717) is 25.3 Å². The van der Waals surface area contributed by atoms with Gasteiger partial charge in [-0.05, 0) is 42.3 Å². The van der Waals surface area contributed by atoms with E-state index >= 15 is 0 Å². The van der Waals surface area contributed by atoms with Crippen molar-refractivity contribution >= 4 is 11.6 Å². The van der Waals surface area contributed by atoms with Crippen molar-refractivity contribution in [2.75, 3.05) is 38.8 Å². The van der Waals surface area contributed by atoms with Crippen molar-refractivity contribution in [3.8, 4) is 11.5 Å². The van der Waals surface area contributed by atoms with E-state index in [-0.39, 0.29) is 5.91 Å². The summed E-state index contributed by atoms with van der Waals surface area (Å²) in [6.07, 6.45) is 0.746. The van der Waals surface area contributed by atoms with E-state index in [4.69, 9.17) is 9.47 Å². The molecule has 1 N–H and O–H groups in total. The molecule has 2 aromatic rings. The summed E-state index contributed by atoms with van der Waals surface area (Å²) in [6.45, 7) is 1.74. The maximum absolute atomic E-state index is 12.3. The van der Waals surface area contributed by atoms with Crippen LogP contribution in [0.2, 0.25) is 0 Å². The highest BCUT2D eigenvalue weighted by Gasteiger charge is 2.12. The molecule has 0 saturated carbocycles. The van der Waals surface area contributed by atoms with Crippen molar-refractivity contribution in [2.45, 2.75) is 6.42 Å². The standard InChI is InChI=1S/C19H22N2O3/c1-21(2)16-5-3-4-15(13-16)19(22)20-9-8-14-6-7-17-18(12-14)24-11-10-23-17/h3-7,12-13H,8-11H2,1-2H3,(H,20,22). The molecule has 5 heteroatoms. The number of rotatable bonds is 5. The predicted octanol–water partition coefficient (Wildman–Crippen LogP) is 2.50. The zero-order chi connectivity index (χ0) is 16.9. The summed E-state index contributed by atoms with van der Waals surface area (Å²) in [5.74, 6) is 1.51. The van der Waals surface area contributed by atoms with E-state index in [0.717, 1.165) is 29.2 Å². The van der Waals surface area contributed by atoms with Gasteiger partial charge in [0.15, 0.2) is 11.5 Å². The van der Waals surface area contributed by atoms with Crippen molar-refractivity contribution in [1.82, 2.24) is 5.32 Å². The summed E-state index contributed by atoms with van der Waals surface area (Å²) in [6, 6.07) is 13.5. The number of fused-ring (bicyclic) bond motifs is 1. The molecule has 24 heavy (non-hydrogen) atoms. The number of carbonyl (C=O) groups excluding carboxylic acids is 1. The molecule has 1 amide bonds. The molecule has 0 atom stereocenters. The highest BCUT2D eigenvalue weighted by molar-refractivity contribution is 5.95. The highest BCUT2D eigenvalue weighted by Crippen LogP contribution is 2.30. The van der Waals surface area contributed by atoms with Gasteiger partial charge in [-0.15, -0.1) is 0 Å². The molecule has 0 spiro atoms. The zero-order valence-corrected chi connectivity index (χ0v) is 14.0. The maximum Gasteiger partial charge on any atom is 0.251 e. The molecule has 0 aliphatic carbocycles. The predicted molar refractivity (Wildman–Crippen MR) is 94.2 cm³/mol. The highest BCUT2D eigenvalue weighted by atomic mass is 16.6. The van der Waals surface area contributed by atoms with E-state index in [1.165, 1.54) is 0 Å². The van der Waals surface area contributed by atoms with Gasteiger partial charge in [0.25, 0.3) is 5.91 Å². The SMILES string of the molecule is CN(C)c1cccc(C(=O)NCCc2ccc3c(c2)OCCO3)c1. The Balaban J connectivity index is 1.56. The van der Waals surface area contributed by atoms with Crippen LogP contribution in [-0.2, 0) is 6.42 Å². The lowest BCUT2D eigenvalue weighted by Gasteiger charge is -2.19. The van der Waals surface area contributed by atoms with Gasteiger partial charge in [-0.3, -0.25) is 4.79 Å². The largest absolute Gasteiger partial charge is 0.486 e. The van der Waals surface area contributed by atoms with Gasteiger partial charge in [-0.2, -0.15) is 0 Å². The van der Waals surface area contributed by atoms with Crippen LogP contribution >= 0.6 is 0 Å². The minimum absolute atomic E-state index is 0.0590. The van der Waals surface area contributed by atoms with Gasteiger partial charge in [0.1, 0.15) is 13.2 Å². The molecule has 2 aromatic carbocycles. The molecular weight excluding hydrogens is 304 g/mol. The fourth-order valence-electron chi connectivity index (χ4n) is 2.59. The van der Waals surface area contributed by atoms with Crippen molar-refractivity contribution < 1.29 is 14.3 Å². The van der Waals surface area contributed by atoms with Crippen LogP contribution in [0, 0.1) is 0 Å². The Kier molecular flexibility index (Phi) is 4.89. The number of hydrogen-bond acceptors (Lipinski definition) is 4. The van der Waals surface area contributed by atoms with Gasteiger partial charge in [-0.25, -0.2) is 0 Å². The summed E-state index contributed by atoms with van der Waals surface area (Å²) in [5, 5.41) is 2.96. The van der Waals surface area contributed by atoms with E-state index in [2.05, 4.69) is 5.32 Å². The summed E-state index contributed by atoms with van der Waals surface area (Å²) in [4.78, 5) is 14.2. The number of ether oxygens (including phenoxy) is 2. The van der Waals surface area contributed by atoms with Gasteiger partial charge in [-0.1, -0.05) is 12.1 Å². The Hall–Kier alpha value is -2.69. The van der Waals surface area contributed by atoms with E-state index in [1.807, 2.05) is 61.5 Å². The molecule has 3 rings (SSSR count). The van der Waals surface area contributed by atoms with Crippen LogP contribution in [0.5, 0.6) is 11.5 Å². The van der Waals surface area contributed by atoms with Gasteiger partial charge < -0.3 is 19.7 Å². The van der Waals surface area contributed by atoms with E-state index in [1.54, 1.807) is 0 Å². The quantitative estimate of drug-likeness (QED) is 0.917. The third-order valence-corrected chi connectivity index (χ3v) is 3.93. The lowest BCUT2D eigenvalue weighted by molar-refractivity contribution is 0.0954. The second-order valence-corrected chi connectivity index (χ2v) is 5.93. The number of nitrogens with zero attached hydrogens (tertiary/aromatic N) is 1. The molecular formula is C19H22N2O3. The van der Waals surface area contributed by atoms with Gasteiger partial charge >= 0.3 is 0 Å². The number of nitrogens with one attached hydrogen (secondary N) is 1. The molecule has 1 aliphatic rings. The van der Waals surface area contributed by atoms with Crippen LogP contribution in [0.15, 0.2) is 42.5 Å². The normalized spacial score (nSPS) is 12.6. The smallest absolute Gasteiger partial charge is 0.251 e. The Bertz CT molecular complexity index is 728. The first-order valence-corrected chi connectivity index (χ1v) is 8.07. The second kappa shape index (κ2) is 7.25. The molecule has 126 valence electrons. The first-order chi connectivity index (χ1) is 11.6. The molecule has 1 aliphatic heterocycles. The van der Waals surface area contributed by atoms with Crippen LogP contribution in [0.25, 0.3) is 0 Å². The Morgan fingerprint density at radius 3 is 2.67 bits per heavy atom. The molecule has 0 unspecified atom stereocenters. The summed E-state index contributed by atoms with van der Waals surface area (Å²) in [7, 11) is 3.91. The number of carbonyl (C=O) groups is 1. The lowest BCUT2D eigenvalue weighted by atomic mass is 10.1. The maximum atomic E-state index is 12.3. The molecule has 1 heterocycles. The number of anilines is 1. The van der Waals surface area contributed by atoms with Crippen LogP contribution in [0.1, 0.15) is 15.9 Å². The Morgan fingerprint density at radius 2 is 1.88 bits per heavy atom. The van der Waals surface area contributed by atoms with Crippen LogP contribution in [0.3, 0.4) is 0 Å². The summed E-state index contributed by atoms with van der Waals surface area (Å²) >= 11 is 0. The Labute approximate surface area is 142 Å². The number of amides is 1. The zero-order valence-electron chi connectivity index (χ0n) is 14.0. The Morgan fingerprint density at radius 1 is 1.08 bits per heavy atom. The first kappa shape index (κ1) is 16.2. The first-order valence-electron chi connectivity index (χ1n) is 8.07. The van der Waals surface area contributed by atoms with Crippen molar-refractivity contribution in [2.24, 2.45) is 0 Å². The van der Waals surface area contributed by atoms with Crippen LogP contribution in [0.4, 0.5) is 5.69 Å². The van der Waals surface area contributed by atoms with Crippen LogP contribution < -0.4 is 19.7 Å². The topological polar surface area (TPSA) is 50.8 Å². The molecule has 0 fully saturated rings. The number of benzene rings is 2. The molecule has 0 saturated heterocycles. The monoisotopic (exact) mass is 326 g/mol. The van der Waals surface area contributed by atoms with Crippen molar-refractivity contribution in [3.05, 3.63) is 53.6 Å². The van der Waals surface area contributed by atoms with Gasteiger partial charge in [0.2, 0.25) is 0 Å². The number of hydrogen-bond donors (Lipinski definition) is 1. The van der Waals surface area contributed by atoms with Crippen LogP contribution in [-0.4, -0.2) is 39.8 Å². The fraction of sp³-hybridized carbons (Fsp3) is 0.316. The summed E-state index contributed by atoms with van der Waals surface area (Å²) < 4.78 is 11.1. The van der Waals surface area contributed by atoms with Crippen molar-refractivity contribution in [3.63, 3.8) is 0 Å². The average Bonchev–Trinajstić information content (AvgIpc) is 2.61. The third kappa shape index (κ3) is 3.79. The molecule has 0 radical (unpaired) electrons. The third-order valence-electron chi connectivity index (χ3n) is 3.93. The fourth-order valence-corrected chi connectivity index (χ4v) is 2.59. The molecule has 0 aromatic heterocycles. The summed E-state index contributed by atoms with van der Waals surface area (Å²) in [5.41, 5.74) is 2.79. The van der Waals surface area contributed by atoms with Gasteiger partial charge in [0, 0.05) is 31.9 Å². The average molecular weight is 326 g/mol. The minimum atomic E-state index is -0.0590. The minimum Gasteiger partial charge on any atom is -0.486 e.